The molecule has 0 saturated carbocycles. The lowest BCUT2D eigenvalue weighted by Gasteiger charge is -2.23. The van der Waals surface area contributed by atoms with Crippen molar-refractivity contribution in [1.82, 2.24) is 0 Å². The number of rotatable bonds is 4. The molecule has 2 N–H and O–H groups in total. The van der Waals surface area contributed by atoms with Crippen LogP contribution in [0.4, 0.5) is 11.4 Å². The Hall–Kier alpha value is -1.48. The van der Waals surface area contributed by atoms with E-state index in [9.17, 15) is 0 Å². The average molecular weight is 305 g/mol. The van der Waals surface area contributed by atoms with Gasteiger partial charge in [-0.2, -0.15) is 0 Å². The molecule has 2 aromatic carbocycles. The van der Waals surface area contributed by atoms with E-state index in [1.807, 2.05) is 18.2 Å². The summed E-state index contributed by atoms with van der Waals surface area (Å²) in [7, 11) is 0. The highest BCUT2D eigenvalue weighted by Gasteiger charge is 2.05. The van der Waals surface area contributed by atoms with Gasteiger partial charge in [0.05, 0.1) is 0 Å². The van der Waals surface area contributed by atoms with E-state index < -0.39 is 0 Å². The number of hydrogen-bond donors (Lipinski definition) is 1. The Kier molecular flexibility index (Phi) is 4.26. The zero-order valence-electron chi connectivity index (χ0n) is 10.4. The molecule has 0 radical (unpaired) electrons. The lowest BCUT2D eigenvalue weighted by atomic mass is 10.1. The van der Waals surface area contributed by atoms with Crippen molar-refractivity contribution in [2.75, 3.05) is 17.2 Å². The topological polar surface area (TPSA) is 29.3 Å². The fourth-order valence-corrected chi connectivity index (χ4v) is 2.18. The molecular weight excluding hydrogens is 288 g/mol. The minimum absolute atomic E-state index is 0.789. The van der Waals surface area contributed by atoms with Crippen molar-refractivity contribution in [3.63, 3.8) is 0 Å². The summed E-state index contributed by atoms with van der Waals surface area (Å²) in [6.07, 6.45) is 0. The van der Waals surface area contributed by atoms with Crippen molar-refractivity contribution >= 4 is 27.3 Å². The van der Waals surface area contributed by atoms with Gasteiger partial charge in [-0.05, 0) is 52.7 Å². The summed E-state index contributed by atoms with van der Waals surface area (Å²) in [5, 5.41) is 0. The predicted octanol–water partition coefficient (Wildman–Crippen LogP) is 4.06. The van der Waals surface area contributed by atoms with Crippen LogP contribution in [0.2, 0.25) is 0 Å². The molecule has 0 spiro atoms. The summed E-state index contributed by atoms with van der Waals surface area (Å²) in [4.78, 5) is 2.32. The molecule has 0 saturated heterocycles. The highest BCUT2D eigenvalue weighted by Crippen LogP contribution is 2.22. The Morgan fingerprint density at radius 2 is 1.83 bits per heavy atom. The first-order valence-corrected chi connectivity index (χ1v) is 6.84. The standard InChI is InChI=1S/C15H17BrN2/c1-2-18(13-6-4-3-5-7-13)11-12-8-9-14(16)15(17)10-12/h3-10H,2,11,17H2,1H3. The third kappa shape index (κ3) is 3.05. The second kappa shape index (κ2) is 5.91. The first-order chi connectivity index (χ1) is 8.70. The number of nitrogens with zero attached hydrogens (tertiary/aromatic N) is 1. The number of anilines is 2. The third-order valence-electron chi connectivity index (χ3n) is 2.94. The van der Waals surface area contributed by atoms with Gasteiger partial charge in [0.2, 0.25) is 0 Å². The summed E-state index contributed by atoms with van der Waals surface area (Å²) in [6, 6.07) is 16.6. The van der Waals surface area contributed by atoms with Gasteiger partial charge in [-0.3, -0.25) is 0 Å². The van der Waals surface area contributed by atoms with Gasteiger partial charge < -0.3 is 10.6 Å². The number of hydrogen-bond acceptors (Lipinski definition) is 2. The Morgan fingerprint density at radius 3 is 2.44 bits per heavy atom. The largest absolute Gasteiger partial charge is 0.398 e. The highest BCUT2D eigenvalue weighted by molar-refractivity contribution is 9.10. The summed E-state index contributed by atoms with van der Waals surface area (Å²) in [5.74, 6) is 0. The Balaban J connectivity index is 2.18. The molecule has 18 heavy (non-hydrogen) atoms. The molecule has 3 heteroatoms. The van der Waals surface area contributed by atoms with E-state index in [0.29, 0.717) is 0 Å². The molecule has 0 amide bonds. The van der Waals surface area contributed by atoms with Crippen molar-refractivity contribution < 1.29 is 0 Å². The van der Waals surface area contributed by atoms with Crippen LogP contribution in [0.25, 0.3) is 0 Å². The number of halogens is 1. The van der Waals surface area contributed by atoms with Gasteiger partial charge in [0.15, 0.2) is 0 Å². The monoisotopic (exact) mass is 304 g/mol. The summed E-state index contributed by atoms with van der Waals surface area (Å²) >= 11 is 3.42. The van der Waals surface area contributed by atoms with Gasteiger partial charge in [-0.1, -0.05) is 24.3 Å². The molecule has 2 nitrogen and oxygen atoms in total. The lowest BCUT2D eigenvalue weighted by molar-refractivity contribution is 0.832. The van der Waals surface area contributed by atoms with Crippen LogP contribution in [0.5, 0.6) is 0 Å². The molecule has 0 unspecified atom stereocenters. The van der Waals surface area contributed by atoms with Crippen molar-refractivity contribution in [1.29, 1.82) is 0 Å². The smallest absolute Gasteiger partial charge is 0.0461 e. The van der Waals surface area contributed by atoms with Gasteiger partial charge in [-0.15, -0.1) is 0 Å². The van der Waals surface area contributed by atoms with Gasteiger partial charge in [0.1, 0.15) is 0 Å². The highest BCUT2D eigenvalue weighted by atomic mass is 79.9. The Labute approximate surface area is 117 Å². The third-order valence-corrected chi connectivity index (χ3v) is 3.66. The quantitative estimate of drug-likeness (QED) is 0.863. The molecule has 0 aromatic heterocycles. The second-order valence-corrected chi connectivity index (χ2v) is 5.06. The van der Waals surface area contributed by atoms with Crippen molar-refractivity contribution in [3.8, 4) is 0 Å². The molecule has 0 bridgehead atoms. The molecule has 0 fully saturated rings. The zero-order valence-corrected chi connectivity index (χ0v) is 12.0. The molecule has 0 aliphatic rings. The molecule has 2 aromatic rings. The SMILES string of the molecule is CCN(Cc1ccc(Br)c(N)c1)c1ccccc1. The number of para-hydroxylation sites is 1. The van der Waals surface area contributed by atoms with Crippen LogP contribution in [0, 0.1) is 0 Å². The Bertz CT molecular complexity index is 511. The van der Waals surface area contributed by atoms with E-state index in [1.165, 1.54) is 11.3 Å². The normalized spacial score (nSPS) is 10.3. The number of nitrogens with two attached hydrogens (primary N) is 1. The second-order valence-electron chi connectivity index (χ2n) is 4.21. The van der Waals surface area contributed by atoms with Crippen LogP contribution in [-0.4, -0.2) is 6.54 Å². The molecule has 2 rings (SSSR count). The first-order valence-electron chi connectivity index (χ1n) is 6.04. The van der Waals surface area contributed by atoms with Gasteiger partial charge >= 0.3 is 0 Å². The summed E-state index contributed by atoms with van der Waals surface area (Å²) in [6.45, 7) is 4.01. The van der Waals surface area contributed by atoms with E-state index in [1.54, 1.807) is 0 Å². The van der Waals surface area contributed by atoms with Gasteiger partial charge in [0.25, 0.3) is 0 Å². The zero-order chi connectivity index (χ0) is 13.0. The molecular formula is C15H17BrN2. The maximum atomic E-state index is 5.91. The van der Waals surface area contributed by atoms with Crippen LogP contribution >= 0.6 is 15.9 Å². The van der Waals surface area contributed by atoms with E-state index in [0.717, 1.165) is 23.2 Å². The van der Waals surface area contributed by atoms with Crippen LogP contribution in [0.3, 0.4) is 0 Å². The molecule has 0 aliphatic heterocycles. The lowest BCUT2D eigenvalue weighted by Crippen LogP contribution is -2.21. The van der Waals surface area contributed by atoms with Gasteiger partial charge in [-0.25, -0.2) is 0 Å². The van der Waals surface area contributed by atoms with Crippen molar-refractivity contribution in [3.05, 3.63) is 58.6 Å². The average Bonchev–Trinajstić information content (AvgIpc) is 2.41. The van der Waals surface area contributed by atoms with E-state index in [2.05, 4.69) is 58.1 Å². The fraction of sp³-hybridized carbons (Fsp3) is 0.200. The van der Waals surface area contributed by atoms with Crippen molar-refractivity contribution in [2.45, 2.75) is 13.5 Å². The summed E-state index contributed by atoms with van der Waals surface area (Å²) < 4.78 is 0.953. The van der Waals surface area contributed by atoms with Crippen LogP contribution in [0.1, 0.15) is 12.5 Å². The van der Waals surface area contributed by atoms with E-state index >= 15 is 0 Å². The first kappa shape index (κ1) is 13.0. The molecule has 0 heterocycles. The minimum atomic E-state index is 0.789. The number of benzene rings is 2. The summed E-state index contributed by atoms with van der Waals surface area (Å²) in [5.41, 5.74) is 9.16. The van der Waals surface area contributed by atoms with Crippen molar-refractivity contribution in [2.24, 2.45) is 0 Å². The van der Waals surface area contributed by atoms with E-state index in [4.69, 9.17) is 5.73 Å². The minimum Gasteiger partial charge on any atom is -0.398 e. The van der Waals surface area contributed by atoms with Crippen LogP contribution in [0.15, 0.2) is 53.0 Å². The predicted molar refractivity (Wildman–Crippen MR) is 81.7 cm³/mol. The fourth-order valence-electron chi connectivity index (χ4n) is 1.94. The Morgan fingerprint density at radius 1 is 1.11 bits per heavy atom. The molecule has 0 aliphatic carbocycles. The van der Waals surface area contributed by atoms with Gasteiger partial charge in [0, 0.05) is 28.9 Å². The molecule has 0 atom stereocenters. The van der Waals surface area contributed by atoms with Crippen LogP contribution < -0.4 is 10.6 Å². The van der Waals surface area contributed by atoms with E-state index in [-0.39, 0.29) is 0 Å². The molecule has 94 valence electrons. The number of nitrogen functional groups attached to an aromatic ring is 1. The maximum Gasteiger partial charge on any atom is 0.0461 e. The van der Waals surface area contributed by atoms with Crippen LogP contribution in [-0.2, 0) is 6.54 Å². The maximum absolute atomic E-state index is 5.91.